The first-order chi connectivity index (χ1) is 11.0. The summed E-state index contributed by atoms with van der Waals surface area (Å²) in [7, 11) is 0. The van der Waals surface area contributed by atoms with E-state index in [9.17, 15) is 9.59 Å². The number of para-hydroxylation sites is 1. The van der Waals surface area contributed by atoms with Gasteiger partial charge in [0.05, 0.1) is 29.6 Å². The molecule has 6 nitrogen and oxygen atoms in total. The molecule has 2 rings (SSSR count). The maximum Gasteiger partial charge on any atom is 0.305 e. The van der Waals surface area contributed by atoms with Crippen molar-refractivity contribution in [2.24, 2.45) is 0 Å². The summed E-state index contributed by atoms with van der Waals surface area (Å²) in [4.78, 5) is 23.3. The van der Waals surface area contributed by atoms with E-state index in [0.717, 1.165) is 17.8 Å². The second kappa shape index (κ2) is 7.58. The van der Waals surface area contributed by atoms with Gasteiger partial charge in [-0.15, -0.1) is 0 Å². The van der Waals surface area contributed by atoms with Crippen LogP contribution in [0.15, 0.2) is 36.5 Å². The number of carbonyl (C=O) groups is 2. The summed E-state index contributed by atoms with van der Waals surface area (Å²) in [6.07, 6.45) is 2.87. The lowest BCUT2D eigenvalue weighted by atomic mass is 10.1. The van der Waals surface area contributed by atoms with Crippen molar-refractivity contribution in [3.63, 3.8) is 0 Å². The van der Waals surface area contributed by atoms with Crippen LogP contribution in [0.4, 0.5) is 0 Å². The molecule has 6 heteroatoms. The van der Waals surface area contributed by atoms with Gasteiger partial charge in [-0.2, -0.15) is 5.10 Å². The summed E-state index contributed by atoms with van der Waals surface area (Å²) in [5.74, 6) is -1.20. The molecule has 0 aliphatic rings. The number of nitrogens with zero attached hydrogens (tertiary/aromatic N) is 2. The highest BCUT2D eigenvalue weighted by Crippen LogP contribution is 2.14. The number of aliphatic carboxylic acids is 1. The third kappa shape index (κ3) is 4.18. The fourth-order valence-electron chi connectivity index (χ4n) is 2.51. The van der Waals surface area contributed by atoms with Crippen molar-refractivity contribution in [2.45, 2.75) is 39.2 Å². The summed E-state index contributed by atoms with van der Waals surface area (Å²) >= 11 is 0. The van der Waals surface area contributed by atoms with Gasteiger partial charge < -0.3 is 10.4 Å². The largest absolute Gasteiger partial charge is 0.481 e. The molecule has 0 fully saturated rings. The number of aromatic nitrogens is 2. The van der Waals surface area contributed by atoms with E-state index >= 15 is 0 Å². The fraction of sp³-hybridized carbons (Fsp3) is 0.353. The van der Waals surface area contributed by atoms with Gasteiger partial charge in [-0.25, -0.2) is 4.68 Å². The summed E-state index contributed by atoms with van der Waals surface area (Å²) in [5, 5.41) is 16.0. The van der Waals surface area contributed by atoms with E-state index in [1.54, 1.807) is 4.68 Å². The highest BCUT2D eigenvalue weighted by Gasteiger charge is 2.20. The molecule has 0 bridgehead atoms. The molecule has 0 unspecified atom stereocenters. The minimum absolute atomic E-state index is 0.0779. The maximum absolute atomic E-state index is 12.4. The SMILES string of the molecule is CCC[C@H](CC(=O)O)NC(=O)c1cnn(-c2ccccc2)c1C. The van der Waals surface area contributed by atoms with Crippen molar-refractivity contribution in [1.82, 2.24) is 15.1 Å². The Morgan fingerprint density at radius 3 is 2.61 bits per heavy atom. The molecule has 0 aliphatic heterocycles. The predicted molar refractivity (Wildman–Crippen MR) is 86.7 cm³/mol. The van der Waals surface area contributed by atoms with Gasteiger partial charge in [-0.3, -0.25) is 9.59 Å². The summed E-state index contributed by atoms with van der Waals surface area (Å²) in [5.41, 5.74) is 2.05. The van der Waals surface area contributed by atoms with Crippen LogP contribution in [0.2, 0.25) is 0 Å². The molecule has 0 saturated heterocycles. The van der Waals surface area contributed by atoms with E-state index in [1.165, 1.54) is 6.20 Å². The predicted octanol–water partition coefficient (Wildman–Crippen LogP) is 2.55. The van der Waals surface area contributed by atoms with Gasteiger partial charge in [0.2, 0.25) is 0 Å². The highest BCUT2D eigenvalue weighted by molar-refractivity contribution is 5.95. The number of rotatable bonds is 7. The first kappa shape index (κ1) is 16.7. The molecule has 1 aromatic heterocycles. The molecule has 1 heterocycles. The van der Waals surface area contributed by atoms with E-state index in [0.29, 0.717) is 12.0 Å². The summed E-state index contributed by atoms with van der Waals surface area (Å²) in [6.45, 7) is 3.78. The molecule has 1 aromatic carbocycles. The normalized spacial score (nSPS) is 11.9. The Morgan fingerprint density at radius 2 is 2.00 bits per heavy atom. The average molecular weight is 315 g/mol. The highest BCUT2D eigenvalue weighted by atomic mass is 16.4. The number of hydrogen-bond donors (Lipinski definition) is 2. The topological polar surface area (TPSA) is 84.2 Å². The van der Waals surface area contributed by atoms with Crippen LogP contribution in [0.25, 0.3) is 5.69 Å². The van der Waals surface area contributed by atoms with Crippen LogP contribution in [0.1, 0.15) is 42.2 Å². The van der Waals surface area contributed by atoms with E-state index in [1.807, 2.05) is 44.2 Å². The first-order valence-corrected chi connectivity index (χ1v) is 7.65. The Hall–Kier alpha value is -2.63. The van der Waals surface area contributed by atoms with Gasteiger partial charge >= 0.3 is 5.97 Å². The number of amides is 1. The molecule has 0 saturated carbocycles. The van der Waals surface area contributed by atoms with Crippen LogP contribution in [-0.4, -0.2) is 32.8 Å². The Kier molecular flexibility index (Phi) is 5.51. The number of benzene rings is 1. The Balaban J connectivity index is 2.17. The van der Waals surface area contributed by atoms with Crippen LogP contribution in [0.5, 0.6) is 0 Å². The standard InChI is InChI=1S/C17H21N3O3/c1-3-7-13(10-16(21)22)19-17(23)15-11-18-20(12(15)2)14-8-5-4-6-9-14/h4-6,8-9,11,13H,3,7,10H2,1-2H3,(H,19,23)(H,21,22)/t13-/m1/s1. The van der Waals surface area contributed by atoms with Crippen LogP contribution in [-0.2, 0) is 4.79 Å². The van der Waals surface area contributed by atoms with Crippen LogP contribution in [0, 0.1) is 6.92 Å². The van der Waals surface area contributed by atoms with Crippen molar-refractivity contribution in [1.29, 1.82) is 0 Å². The second-order valence-electron chi connectivity index (χ2n) is 5.45. The Labute approximate surface area is 135 Å². The van der Waals surface area contributed by atoms with E-state index in [4.69, 9.17) is 5.11 Å². The van der Waals surface area contributed by atoms with Crippen molar-refractivity contribution in [3.05, 3.63) is 47.8 Å². The molecule has 23 heavy (non-hydrogen) atoms. The molecule has 0 aliphatic carbocycles. The smallest absolute Gasteiger partial charge is 0.305 e. The van der Waals surface area contributed by atoms with E-state index in [2.05, 4.69) is 10.4 Å². The molecule has 2 aromatic rings. The Bertz CT molecular complexity index is 680. The van der Waals surface area contributed by atoms with Crippen molar-refractivity contribution in [2.75, 3.05) is 0 Å². The summed E-state index contributed by atoms with van der Waals surface area (Å²) < 4.78 is 1.70. The Morgan fingerprint density at radius 1 is 1.30 bits per heavy atom. The lowest BCUT2D eigenvalue weighted by molar-refractivity contribution is -0.137. The lowest BCUT2D eigenvalue weighted by Gasteiger charge is -2.16. The molecule has 1 amide bonds. The summed E-state index contributed by atoms with van der Waals surface area (Å²) in [6, 6.07) is 9.17. The van der Waals surface area contributed by atoms with Crippen LogP contribution in [0.3, 0.4) is 0 Å². The lowest BCUT2D eigenvalue weighted by Crippen LogP contribution is -2.36. The zero-order valence-corrected chi connectivity index (χ0v) is 13.3. The first-order valence-electron chi connectivity index (χ1n) is 7.65. The molecule has 0 radical (unpaired) electrons. The minimum Gasteiger partial charge on any atom is -0.481 e. The van der Waals surface area contributed by atoms with E-state index in [-0.39, 0.29) is 18.4 Å². The zero-order valence-electron chi connectivity index (χ0n) is 13.3. The number of carboxylic acids is 1. The van der Waals surface area contributed by atoms with Gasteiger partial charge in [-0.05, 0) is 25.5 Å². The number of nitrogens with one attached hydrogen (secondary N) is 1. The second-order valence-corrected chi connectivity index (χ2v) is 5.45. The van der Waals surface area contributed by atoms with Gasteiger partial charge in [-0.1, -0.05) is 31.5 Å². The molecular formula is C17H21N3O3. The van der Waals surface area contributed by atoms with Crippen LogP contribution >= 0.6 is 0 Å². The van der Waals surface area contributed by atoms with E-state index < -0.39 is 5.97 Å². The quantitative estimate of drug-likeness (QED) is 0.822. The number of carbonyl (C=O) groups excluding carboxylic acids is 1. The third-order valence-corrected chi connectivity index (χ3v) is 3.65. The van der Waals surface area contributed by atoms with Crippen LogP contribution < -0.4 is 5.32 Å². The van der Waals surface area contributed by atoms with Gasteiger partial charge in [0.25, 0.3) is 5.91 Å². The molecule has 2 N–H and O–H groups in total. The molecule has 0 spiro atoms. The van der Waals surface area contributed by atoms with Gasteiger partial charge in [0.15, 0.2) is 0 Å². The van der Waals surface area contributed by atoms with Gasteiger partial charge in [0, 0.05) is 6.04 Å². The molecular weight excluding hydrogens is 294 g/mol. The fourth-order valence-corrected chi connectivity index (χ4v) is 2.51. The molecule has 1 atom stereocenters. The monoisotopic (exact) mass is 315 g/mol. The zero-order chi connectivity index (χ0) is 16.8. The van der Waals surface area contributed by atoms with Crippen molar-refractivity contribution < 1.29 is 14.7 Å². The average Bonchev–Trinajstić information content (AvgIpc) is 2.89. The number of hydrogen-bond acceptors (Lipinski definition) is 3. The maximum atomic E-state index is 12.4. The minimum atomic E-state index is -0.916. The van der Waals surface area contributed by atoms with Gasteiger partial charge in [0.1, 0.15) is 0 Å². The van der Waals surface area contributed by atoms with Crippen molar-refractivity contribution in [3.8, 4) is 5.69 Å². The van der Waals surface area contributed by atoms with Crippen molar-refractivity contribution >= 4 is 11.9 Å². The number of carboxylic acid groups (broad SMARTS) is 1. The third-order valence-electron chi connectivity index (χ3n) is 3.65. The molecule has 122 valence electrons.